The van der Waals surface area contributed by atoms with E-state index in [2.05, 4.69) is 56.2 Å². The second kappa shape index (κ2) is 9.44. The number of hydrogen-bond donors (Lipinski definition) is 1. The maximum absolute atomic E-state index is 6.08. The highest BCUT2D eigenvalue weighted by molar-refractivity contribution is 5.96. The highest BCUT2D eigenvalue weighted by atomic mass is 16.5. The molecule has 0 amide bonds. The lowest BCUT2D eigenvalue weighted by molar-refractivity contribution is -0.0298. The van der Waals surface area contributed by atoms with E-state index in [1.807, 2.05) is 30.7 Å². The van der Waals surface area contributed by atoms with E-state index >= 15 is 0 Å². The van der Waals surface area contributed by atoms with Crippen molar-refractivity contribution >= 4 is 39.5 Å². The van der Waals surface area contributed by atoms with E-state index in [0.29, 0.717) is 5.95 Å². The quantitative estimate of drug-likeness (QED) is 0.319. The summed E-state index contributed by atoms with van der Waals surface area (Å²) >= 11 is 0. The summed E-state index contributed by atoms with van der Waals surface area (Å²) in [5.74, 6) is 1.46. The molecule has 186 valence electrons. The molecule has 37 heavy (non-hydrogen) atoms. The average Bonchev–Trinajstić information content (AvgIpc) is 3.64. The van der Waals surface area contributed by atoms with Crippen LogP contribution in [0.5, 0.6) is 0 Å². The smallest absolute Gasteiger partial charge is 0.231 e. The standard InChI is InChI=1S/C29H29N7O/c1-2-8-20(9-3-1)22-13-14-30-24-12-11-21(18-23(22)24)32-29-33-27(35-15-5-6-16-35)26-28(34-29)36(19-31-26)25-10-4-7-17-37-25/h1-3,8-9,11-14,18-19,25H,4-7,10,15-17H2,(H,32,33,34). The number of benzene rings is 2. The molecule has 5 aromatic rings. The van der Waals surface area contributed by atoms with E-state index < -0.39 is 0 Å². The molecule has 7 rings (SSSR count). The normalized spacial score (nSPS) is 18.1. The van der Waals surface area contributed by atoms with Crippen LogP contribution in [0.25, 0.3) is 33.2 Å². The van der Waals surface area contributed by atoms with Crippen molar-refractivity contribution in [1.29, 1.82) is 0 Å². The van der Waals surface area contributed by atoms with Gasteiger partial charge in [0.2, 0.25) is 5.95 Å². The number of nitrogens with one attached hydrogen (secondary N) is 1. The topological polar surface area (TPSA) is 81.0 Å². The van der Waals surface area contributed by atoms with Gasteiger partial charge in [0.1, 0.15) is 6.23 Å². The molecule has 5 heterocycles. The van der Waals surface area contributed by atoms with Crippen molar-refractivity contribution in [3.63, 3.8) is 0 Å². The first-order valence-electron chi connectivity index (χ1n) is 13.2. The van der Waals surface area contributed by atoms with Crippen molar-refractivity contribution < 1.29 is 4.74 Å². The van der Waals surface area contributed by atoms with Crippen LogP contribution in [-0.2, 0) is 4.74 Å². The lowest BCUT2D eigenvalue weighted by Crippen LogP contribution is -2.21. The summed E-state index contributed by atoms with van der Waals surface area (Å²) in [6.07, 6.45) is 9.25. The summed E-state index contributed by atoms with van der Waals surface area (Å²) in [6.45, 7) is 2.75. The van der Waals surface area contributed by atoms with Gasteiger partial charge in [-0.05, 0) is 67.5 Å². The molecule has 2 fully saturated rings. The van der Waals surface area contributed by atoms with E-state index in [1.54, 1.807) is 0 Å². The Morgan fingerprint density at radius 1 is 0.892 bits per heavy atom. The summed E-state index contributed by atoms with van der Waals surface area (Å²) in [4.78, 5) is 21.6. The first-order chi connectivity index (χ1) is 18.3. The van der Waals surface area contributed by atoms with Gasteiger partial charge in [0.15, 0.2) is 17.0 Å². The molecule has 0 radical (unpaired) electrons. The number of pyridine rings is 1. The Kier molecular flexibility index (Phi) is 5.66. The molecule has 2 aromatic carbocycles. The van der Waals surface area contributed by atoms with E-state index in [4.69, 9.17) is 19.7 Å². The van der Waals surface area contributed by atoms with Gasteiger partial charge in [-0.15, -0.1) is 0 Å². The molecule has 1 atom stereocenters. The third kappa shape index (κ3) is 4.17. The average molecular weight is 492 g/mol. The van der Waals surface area contributed by atoms with Crippen molar-refractivity contribution in [2.45, 2.75) is 38.3 Å². The Hall–Kier alpha value is -4.04. The van der Waals surface area contributed by atoms with Gasteiger partial charge in [-0.25, -0.2) is 4.98 Å². The van der Waals surface area contributed by atoms with Gasteiger partial charge in [0.25, 0.3) is 0 Å². The van der Waals surface area contributed by atoms with Crippen LogP contribution in [0, 0.1) is 0 Å². The van der Waals surface area contributed by atoms with Crippen LogP contribution in [0.2, 0.25) is 0 Å². The Balaban J connectivity index is 1.31. The minimum Gasteiger partial charge on any atom is -0.358 e. The zero-order chi connectivity index (χ0) is 24.6. The number of rotatable bonds is 5. The molecule has 0 saturated carbocycles. The number of nitrogens with zero attached hydrogens (tertiary/aromatic N) is 6. The first kappa shape index (κ1) is 22.2. The van der Waals surface area contributed by atoms with Gasteiger partial charge >= 0.3 is 0 Å². The van der Waals surface area contributed by atoms with Gasteiger partial charge in [-0.3, -0.25) is 9.55 Å². The van der Waals surface area contributed by atoms with E-state index in [-0.39, 0.29) is 6.23 Å². The molecule has 0 spiro atoms. The van der Waals surface area contributed by atoms with E-state index in [1.165, 1.54) is 12.8 Å². The zero-order valence-electron chi connectivity index (χ0n) is 20.7. The third-order valence-electron chi connectivity index (χ3n) is 7.36. The van der Waals surface area contributed by atoms with E-state index in [9.17, 15) is 0 Å². The molecular weight excluding hydrogens is 462 g/mol. The van der Waals surface area contributed by atoms with Crippen molar-refractivity contribution in [1.82, 2.24) is 24.5 Å². The second-order valence-corrected chi connectivity index (χ2v) is 9.79. The number of imidazole rings is 1. The lowest BCUT2D eigenvalue weighted by atomic mass is 10.0. The first-order valence-corrected chi connectivity index (χ1v) is 13.2. The number of hydrogen-bond acceptors (Lipinski definition) is 7. The van der Waals surface area contributed by atoms with Crippen molar-refractivity contribution in [2.75, 3.05) is 29.9 Å². The second-order valence-electron chi connectivity index (χ2n) is 9.79. The monoisotopic (exact) mass is 491 g/mol. The molecule has 3 aromatic heterocycles. The maximum atomic E-state index is 6.08. The lowest BCUT2D eigenvalue weighted by Gasteiger charge is -2.24. The fraction of sp³-hybridized carbons (Fsp3) is 0.310. The number of anilines is 3. The van der Waals surface area contributed by atoms with Crippen molar-refractivity contribution in [3.05, 3.63) is 67.1 Å². The summed E-state index contributed by atoms with van der Waals surface area (Å²) < 4.78 is 8.16. The Morgan fingerprint density at radius 2 is 1.78 bits per heavy atom. The number of aromatic nitrogens is 5. The van der Waals surface area contributed by atoms with Crippen LogP contribution in [0.1, 0.15) is 38.3 Å². The van der Waals surface area contributed by atoms with Gasteiger partial charge in [-0.2, -0.15) is 9.97 Å². The molecular formula is C29H29N7O. The molecule has 2 aliphatic heterocycles. The molecule has 2 saturated heterocycles. The van der Waals surface area contributed by atoms with Crippen LogP contribution in [0.4, 0.5) is 17.5 Å². The van der Waals surface area contributed by atoms with Crippen LogP contribution in [0.3, 0.4) is 0 Å². The Morgan fingerprint density at radius 3 is 2.62 bits per heavy atom. The number of fused-ring (bicyclic) bond motifs is 2. The molecule has 0 aliphatic carbocycles. The summed E-state index contributed by atoms with van der Waals surface area (Å²) in [5.41, 5.74) is 5.85. The van der Waals surface area contributed by atoms with Gasteiger partial charge in [0.05, 0.1) is 11.8 Å². The van der Waals surface area contributed by atoms with Crippen LogP contribution in [-0.4, -0.2) is 44.2 Å². The zero-order valence-corrected chi connectivity index (χ0v) is 20.7. The molecule has 1 N–H and O–H groups in total. The highest BCUT2D eigenvalue weighted by Gasteiger charge is 2.25. The fourth-order valence-electron chi connectivity index (χ4n) is 5.48. The largest absolute Gasteiger partial charge is 0.358 e. The molecule has 8 heteroatoms. The minimum absolute atomic E-state index is 0.0342. The maximum Gasteiger partial charge on any atom is 0.231 e. The molecule has 1 unspecified atom stereocenters. The molecule has 0 bridgehead atoms. The molecule has 2 aliphatic rings. The van der Waals surface area contributed by atoms with Crippen molar-refractivity contribution in [2.24, 2.45) is 0 Å². The van der Waals surface area contributed by atoms with Crippen LogP contribution >= 0.6 is 0 Å². The summed E-state index contributed by atoms with van der Waals surface area (Å²) in [7, 11) is 0. The fourth-order valence-corrected chi connectivity index (χ4v) is 5.48. The van der Waals surface area contributed by atoms with Crippen molar-refractivity contribution in [3.8, 4) is 11.1 Å². The SMILES string of the molecule is c1ccc(-c2ccnc3ccc(Nc4nc(N5CCCC5)c5ncn(C6CCCCO6)c5n4)cc23)cc1. The number of ether oxygens (including phenoxy) is 1. The van der Waals surface area contributed by atoms with E-state index in [0.717, 1.165) is 83.7 Å². The van der Waals surface area contributed by atoms with Gasteiger partial charge in [-0.1, -0.05) is 30.3 Å². The third-order valence-corrected chi connectivity index (χ3v) is 7.36. The highest BCUT2D eigenvalue weighted by Crippen LogP contribution is 2.33. The summed E-state index contributed by atoms with van der Waals surface area (Å²) in [5, 5.41) is 4.58. The van der Waals surface area contributed by atoms with Crippen LogP contribution in [0.15, 0.2) is 67.1 Å². The Bertz CT molecular complexity index is 1550. The van der Waals surface area contributed by atoms with Crippen LogP contribution < -0.4 is 10.2 Å². The molecule has 8 nitrogen and oxygen atoms in total. The Labute approximate surface area is 215 Å². The van der Waals surface area contributed by atoms with Gasteiger partial charge in [0, 0.05) is 37.0 Å². The predicted octanol–water partition coefficient (Wildman–Crippen LogP) is 6.08. The van der Waals surface area contributed by atoms with Gasteiger partial charge < -0.3 is 15.0 Å². The minimum atomic E-state index is -0.0342. The predicted molar refractivity (Wildman–Crippen MR) is 146 cm³/mol. The summed E-state index contributed by atoms with van der Waals surface area (Å²) in [6, 6.07) is 18.7.